The Balaban J connectivity index is 0.000000136. The molecule has 11 fully saturated rings. The van der Waals surface area contributed by atoms with Gasteiger partial charge in [0.25, 0.3) is 0 Å². The molecule has 0 N–H and O–H groups in total. The van der Waals surface area contributed by atoms with E-state index in [1.165, 1.54) is 0 Å². The molecule has 8 heterocycles. The normalized spacial score (nSPS) is 39.8. The van der Waals surface area contributed by atoms with Crippen LogP contribution in [0.3, 0.4) is 0 Å². The molecule has 77 heavy (non-hydrogen) atoms. The molecule has 20 nitrogen and oxygen atoms in total. The summed E-state index contributed by atoms with van der Waals surface area (Å²) in [6.07, 6.45) is 1.52. The molecule has 0 aromatic carbocycles. The molecule has 11 aliphatic rings. The third kappa shape index (κ3) is 10.6. The molecule has 0 spiro atoms. The quantitative estimate of drug-likeness (QED) is 0.144. The van der Waals surface area contributed by atoms with Crippen LogP contribution in [0.25, 0.3) is 0 Å². The van der Waals surface area contributed by atoms with Crippen LogP contribution >= 0.6 is 0 Å². The third-order valence-corrected chi connectivity index (χ3v) is 19.1. The molecule has 0 aromatic heterocycles. The van der Waals surface area contributed by atoms with Crippen molar-refractivity contribution >= 4 is 47.8 Å². The van der Waals surface area contributed by atoms with Crippen LogP contribution in [0.5, 0.6) is 0 Å². The maximum Gasteiger partial charge on any atom is 0.350 e. The second-order valence-corrected chi connectivity index (χ2v) is 26.3. The van der Waals surface area contributed by atoms with Gasteiger partial charge in [-0.2, -0.15) is 0 Å². The summed E-state index contributed by atoms with van der Waals surface area (Å²) in [5.41, 5.74) is -2.50. The van der Waals surface area contributed by atoms with E-state index in [0.717, 1.165) is 38.5 Å². The molecule has 3 saturated carbocycles. The number of esters is 8. The van der Waals surface area contributed by atoms with Crippen LogP contribution in [-0.4, -0.2) is 133 Å². The molecule has 432 valence electrons. The summed E-state index contributed by atoms with van der Waals surface area (Å²) >= 11 is 0. The lowest BCUT2D eigenvalue weighted by atomic mass is 9.75. The number of carbonyl (C=O) groups excluding carboxylic acids is 8. The van der Waals surface area contributed by atoms with Crippen LogP contribution < -0.4 is 0 Å². The maximum absolute atomic E-state index is 12.2. The second-order valence-electron chi connectivity index (χ2n) is 26.3. The van der Waals surface area contributed by atoms with E-state index in [0.29, 0.717) is 25.2 Å². The number of rotatable bonds is 12. The smallest absolute Gasteiger partial charge is 0.350 e. The zero-order chi connectivity index (χ0) is 56.9. The number of fused-ring (bicyclic) bond motifs is 6. The number of hydrogen-bond donors (Lipinski definition) is 0. The van der Waals surface area contributed by atoms with E-state index in [4.69, 9.17) is 56.8 Å². The number of carbonyl (C=O) groups is 8. The van der Waals surface area contributed by atoms with Crippen molar-refractivity contribution in [1.29, 1.82) is 0 Å². The summed E-state index contributed by atoms with van der Waals surface area (Å²) in [6, 6.07) is 0. The van der Waals surface area contributed by atoms with Gasteiger partial charge in [-0.15, -0.1) is 0 Å². The van der Waals surface area contributed by atoms with Crippen molar-refractivity contribution in [2.75, 3.05) is 0 Å². The van der Waals surface area contributed by atoms with Gasteiger partial charge in [-0.25, -0.2) is 9.59 Å². The van der Waals surface area contributed by atoms with Crippen molar-refractivity contribution in [3.63, 3.8) is 0 Å². The van der Waals surface area contributed by atoms with Gasteiger partial charge in [0, 0.05) is 23.7 Å². The van der Waals surface area contributed by atoms with Crippen LogP contribution in [0.15, 0.2) is 0 Å². The molecule has 3 aliphatic carbocycles. The Labute approximate surface area is 452 Å². The van der Waals surface area contributed by atoms with E-state index in [9.17, 15) is 38.4 Å². The van der Waals surface area contributed by atoms with Crippen LogP contribution in [0.2, 0.25) is 0 Å². The van der Waals surface area contributed by atoms with Crippen LogP contribution in [0.4, 0.5) is 0 Å². The monoisotopic (exact) mass is 1090 g/mol. The van der Waals surface area contributed by atoms with Gasteiger partial charge in [0.2, 0.25) is 12.2 Å². The van der Waals surface area contributed by atoms with Crippen molar-refractivity contribution in [3.8, 4) is 0 Å². The van der Waals surface area contributed by atoms with Gasteiger partial charge >= 0.3 is 47.8 Å². The largest absolute Gasteiger partial charge is 0.459 e. The summed E-state index contributed by atoms with van der Waals surface area (Å²) < 4.78 is 66.2. The molecule has 0 radical (unpaired) electrons. The molecule has 8 aliphatic heterocycles. The zero-order valence-corrected chi connectivity index (χ0v) is 47.9. The Bertz CT molecular complexity index is 2340. The van der Waals surface area contributed by atoms with Gasteiger partial charge in [0.1, 0.15) is 36.6 Å². The SMILES string of the molecule is CCC(C)(C)C(=O)OC1C(=O)OC2C3OC(C)(C)OC3OC12.CCC(C)(C)C(=O)OC1C(=O)OC2CCCC21.CCC(C)(C)C(=O)OC1C2CC3C1OC(=O)C3(C)C2.CCC(C)(C)C(=O)OC1C2OC3C1OC(=O)C3C2C. The maximum atomic E-state index is 12.2. The summed E-state index contributed by atoms with van der Waals surface area (Å²) in [7, 11) is 0. The third-order valence-electron chi connectivity index (χ3n) is 19.1. The average molecular weight is 1090 g/mol. The zero-order valence-electron chi connectivity index (χ0n) is 47.9. The first kappa shape index (κ1) is 58.7. The Hall–Kier alpha value is -4.40. The van der Waals surface area contributed by atoms with Gasteiger partial charge in [0.15, 0.2) is 36.5 Å². The van der Waals surface area contributed by atoms with E-state index >= 15 is 0 Å². The van der Waals surface area contributed by atoms with Gasteiger partial charge < -0.3 is 56.8 Å². The second kappa shape index (κ2) is 20.9. The standard InChI is InChI=1S/C15H22O7.C15H22O4.C14H20O5.C13H20O4/c1-6-14(2,3)13(17)20-9-7-8(18-11(9)16)10-12(19-7)22-15(4,5)21-10;1-5-14(2,3)12(16)18-10-8-6-9-11(10)19-13(17)15(9,4)7-8;1-5-14(3,4)13(16)19-10-8-6(2)7-9(17-8)11(10)18-12(7)15;1-4-13(2,3)12(15)17-10-8-6-5-7-9(8)16-11(10)14/h7-10,12H,6H2,1-5H3;8-11H,5-7H2,1-4H3;6-11H,5H2,1-4H3;8-10H,4-7H2,1-3H3. The predicted octanol–water partition coefficient (Wildman–Crippen LogP) is 6.80. The summed E-state index contributed by atoms with van der Waals surface area (Å²) in [5.74, 6) is -2.71. The van der Waals surface area contributed by atoms with Gasteiger partial charge in [-0.05, 0) is 134 Å². The fraction of sp³-hybridized carbons (Fsp3) is 0.860. The Morgan fingerprint density at radius 2 is 1.06 bits per heavy atom. The highest BCUT2D eigenvalue weighted by Gasteiger charge is 2.71. The van der Waals surface area contributed by atoms with Crippen molar-refractivity contribution in [3.05, 3.63) is 0 Å². The molecule has 20 heteroatoms. The molecular weight excluding hydrogens is 1000 g/mol. The van der Waals surface area contributed by atoms with E-state index in [1.807, 2.05) is 83.1 Å². The Morgan fingerprint density at radius 1 is 0.545 bits per heavy atom. The van der Waals surface area contributed by atoms with Crippen molar-refractivity contribution in [2.45, 2.75) is 254 Å². The van der Waals surface area contributed by atoms with E-state index in [-0.39, 0.29) is 95.4 Å². The van der Waals surface area contributed by atoms with Gasteiger partial charge in [-0.1, -0.05) is 34.6 Å². The molecule has 11 rings (SSSR count). The molecule has 8 saturated heterocycles. The lowest BCUT2D eigenvalue weighted by Crippen LogP contribution is -2.45. The fourth-order valence-electron chi connectivity index (χ4n) is 12.2. The molecule has 4 bridgehead atoms. The predicted molar refractivity (Wildman–Crippen MR) is 267 cm³/mol. The molecule has 0 aromatic rings. The van der Waals surface area contributed by atoms with E-state index < -0.39 is 88.4 Å². The first-order valence-corrected chi connectivity index (χ1v) is 28.1. The minimum absolute atomic E-state index is 0.0231. The van der Waals surface area contributed by atoms with Crippen molar-refractivity contribution in [1.82, 2.24) is 0 Å². The molecule has 19 unspecified atom stereocenters. The molecule has 19 atom stereocenters. The van der Waals surface area contributed by atoms with E-state index in [1.54, 1.807) is 27.7 Å². The van der Waals surface area contributed by atoms with Crippen molar-refractivity contribution in [2.24, 2.45) is 56.7 Å². The minimum atomic E-state index is -1.07. The highest BCUT2D eigenvalue weighted by molar-refractivity contribution is 5.85. The fourth-order valence-corrected chi connectivity index (χ4v) is 12.2. The molecular formula is C57H84O20. The van der Waals surface area contributed by atoms with Crippen LogP contribution in [0.1, 0.15) is 169 Å². The summed E-state index contributed by atoms with van der Waals surface area (Å²) in [4.78, 5) is 95.9. The van der Waals surface area contributed by atoms with Gasteiger partial charge in [-0.3, -0.25) is 28.8 Å². The Kier molecular flexibility index (Phi) is 16.0. The summed E-state index contributed by atoms with van der Waals surface area (Å²) in [5, 5.41) is 0. The average Bonchev–Trinajstić information content (AvgIpc) is 4.27. The highest BCUT2D eigenvalue weighted by Crippen LogP contribution is 2.62. The topological polar surface area (TPSA) is 247 Å². The number of hydrogen-bond acceptors (Lipinski definition) is 20. The highest BCUT2D eigenvalue weighted by atomic mass is 16.9. The summed E-state index contributed by atoms with van der Waals surface area (Å²) in [6.45, 7) is 30.0. The first-order chi connectivity index (χ1) is 35.8. The first-order valence-electron chi connectivity index (χ1n) is 28.1. The number of ether oxygens (including phenoxy) is 12. The van der Waals surface area contributed by atoms with E-state index in [2.05, 4.69) is 0 Å². The van der Waals surface area contributed by atoms with Crippen molar-refractivity contribution < 1.29 is 95.2 Å². The van der Waals surface area contributed by atoms with Crippen LogP contribution in [0, 0.1) is 56.7 Å². The minimum Gasteiger partial charge on any atom is -0.459 e. The van der Waals surface area contributed by atoms with Crippen LogP contribution in [-0.2, 0) is 95.2 Å². The molecule has 0 amide bonds. The van der Waals surface area contributed by atoms with Gasteiger partial charge in [0.05, 0.1) is 33.0 Å². The lowest BCUT2D eigenvalue weighted by Gasteiger charge is -2.31. The lowest BCUT2D eigenvalue weighted by molar-refractivity contribution is -0.217. The Morgan fingerprint density at radius 3 is 1.64 bits per heavy atom.